The molecular weight excluding hydrogens is 283 g/mol. The minimum atomic E-state index is -0.125. The van der Waals surface area contributed by atoms with Gasteiger partial charge in [-0.25, -0.2) is 4.39 Å². The smallest absolute Gasteiger partial charge is 0.123 e. The molecule has 120 valence electrons. The van der Waals surface area contributed by atoms with Crippen LogP contribution >= 0.6 is 0 Å². The van der Waals surface area contributed by atoms with Crippen LogP contribution in [0.15, 0.2) is 55.7 Å². The van der Waals surface area contributed by atoms with Gasteiger partial charge in [0.2, 0.25) is 0 Å². The minimum absolute atomic E-state index is 0.00184. The summed E-state index contributed by atoms with van der Waals surface area (Å²) in [7, 11) is 0. The van der Waals surface area contributed by atoms with Gasteiger partial charge >= 0.3 is 0 Å². The summed E-state index contributed by atoms with van der Waals surface area (Å²) in [4.78, 5) is 0. The highest BCUT2D eigenvalue weighted by molar-refractivity contribution is 5.63. The molecule has 0 N–H and O–H groups in total. The number of aryl methyl sites for hydroxylation is 1. The number of allylic oxidation sites excluding steroid dienone is 5. The van der Waals surface area contributed by atoms with Crippen LogP contribution in [0.5, 0.6) is 0 Å². The summed E-state index contributed by atoms with van der Waals surface area (Å²) in [6.45, 7) is 10.0. The summed E-state index contributed by atoms with van der Waals surface area (Å²) in [6, 6.07) is 3.41. The lowest BCUT2D eigenvalue weighted by atomic mass is 9.83. The van der Waals surface area contributed by atoms with Crippen molar-refractivity contribution in [3.05, 3.63) is 78.2 Å². The molecule has 0 amide bonds. The Balaban J connectivity index is 1.92. The van der Waals surface area contributed by atoms with Crippen LogP contribution in [-0.4, -0.2) is 0 Å². The van der Waals surface area contributed by atoms with E-state index in [-0.39, 0.29) is 11.2 Å². The van der Waals surface area contributed by atoms with Crippen molar-refractivity contribution >= 4 is 6.08 Å². The highest BCUT2D eigenvalue weighted by Crippen LogP contribution is 2.59. The summed E-state index contributed by atoms with van der Waals surface area (Å²) in [6.07, 6.45) is 16.6. The van der Waals surface area contributed by atoms with E-state index in [1.165, 1.54) is 0 Å². The van der Waals surface area contributed by atoms with E-state index in [1.54, 1.807) is 12.1 Å². The second-order valence-electron chi connectivity index (χ2n) is 6.99. The van der Waals surface area contributed by atoms with Gasteiger partial charge in [-0.2, -0.15) is 0 Å². The van der Waals surface area contributed by atoms with Gasteiger partial charge in [0.1, 0.15) is 5.82 Å². The largest absolute Gasteiger partial charge is 0.207 e. The monoisotopic (exact) mass is 308 g/mol. The van der Waals surface area contributed by atoms with Crippen LogP contribution < -0.4 is 0 Å². The van der Waals surface area contributed by atoms with Gasteiger partial charge in [0.25, 0.3) is 0 Å². The molecule has 1 aromatic rings. The Kier molecular flexibility index (Phi) is 4.39. The van der Waals surface area contributed by atoms with E-state index in [4.69, 9.17) is 0 Å². The first-order valence-corrected chi connectivity index (χ1v) is 8.53. The fraction of sp³-hybridized carbons (Fsp3) is 0.364. The molecule has 1 heteroatoms. The topological polar surface area (TPSA) is 0 Å². The summed E-state index contributed by atoms with van der Waals surface area (Å²) < 4.78 is 14.3. The number of hydrogen-bond donors (Lipinski definition) is 0. The molecule has 0 heterocycles. The SMILES string of the molecule is C=CC[C@@H](C)CCc1cc(F)cc(C23C=CC=CC2C3)c1C=C. The van der Waals surface area contributed by atoms with Gasteiger partial charge in [0, 0.05) is 5.41 Å². The van der Waals surface area contributed by atoms with Gasteiger partial charge < -0.3 is 0 Å². The van der Waals surface area contributed by atoms with E-state index in [2.05, 4.69) is 44.4 Å². The van der Waals surface area contributed by atoms with Crippen molar-refractivity contribution in [3.8, 4) is 0 Å². The zero-order valence-corrected chi connectivity index (χ0v) is 13.9. The standard InChI is InChI=1S/C22H25F/c1-4-8-16(3)10-11-17-13-19(23)14-21(20(17)5-2)22-12-7-6-9-18(22)15-22/h4-7,9,12-14,16,18H,1-2,8,10-11,15H2,3H3/t16-,18?,22?/m1/s1. The summed E-state index contributed by atoms with van der Waals surface area (Å²) in [5, 5.41) is 0. The Labute approximate surface area is 139 Å². The fourth-order valence-electron chi connectivity index (χ4n) is 3.87. The molecule has 0 radical (unpaired) electrons. The molecule has 2 aliphatic carbocycles. The summed E-state index contributed by atoms with van der Waals surface area (Å²) in [5.74, 6) is 0.960. The zero-order valence-electron chi connectivity index (χ0n) is 13.9. The second kappa shape index (κ2) is 6.31. The molecule has 0 aromatic heterocycles. The van der Waals surface area contributed by atoms with E-state index < -0.39 is 0 Å². The Morgan fingerprint density at radius 1 is 1.35 bits per heavy atom. The van der Waals surface area contributed by atoms with Crippen molar-refractivity contribution in [2.45, 2.75) is 38.0 Å². The van der Waals surface area contributed by atoms with Crippen LogP contribution in [0.25, 0.3) is 6.08 Å². The Morgan fingerprint density at radius 3 is 2.87 bits per heavy atom. The van der Waals surface area contributed by atoms with Crippen molar-refractivity contribution in [1.29, 1.82) is 0 Å². The molecule has 0 spiro atoms. The molecule has 3 rings (SSSR count). The van der Waals surface area contributed by atoms with Gasteiger partial charge in [-0.3, -0.25) is 0 Å². The number of rotatable bonds is 7. The van der Waals surface area contributed by atoms with E-state index >= 15 is 0 Å². The van der Waals surface area contributed by atoms with Crippen molar-refractivity contribution in [3.63, 3.8) is 0 Å². The number of halogens is 1. The van der Waals surface area contributed by atoms with Crippen LogP contribution in [0.3, 0.4) is 0 Å². The van der Waals surface area contributed by atoms with Crippen molar-refractivity contribution in [2.24, 2.45) is 11.8 Å². The van der Waals surface area contributed by atoms with E-state index in [0.29, 0.717) is 11.8 Å². The molecule has 23 heavy (non-hydrogen) atoms. The Hall–Kier alpha value is -1.89. The molecule has 0 aliphatic heterocycles. The predicted molar refractivity (Wildman–Crippen MR) is 96.9 cm³/mol. The second-order valence-corrected chi connectivity index (χ2v) is 6.99. The molecule has 0 bridgehead atoms. The third-order valence-corrected chi connectivity index (χ3v) is 5.32. The molecule has 1 saturated carbocycles. The highest BCUT2D eigenvalue weighted by atomic mass is 19.1. The van der Waals surface area contributed by atoms with Crippen LogP contribution in [0, 0.1) is 17.7 Å². The normalized spacial score (nSPS) is 25.7. The van der Waals surface area contributed by atoms with Crippen LogP contribution in [0.1, 0.15) is 42.9 Å². The lowest BCUT2D eigenvalue weighted by Crippen LogP contribution is -2.12. The van der Waals surface area contributed by atoms with E-state index in [0.717, 1.165) is 42.4 Å². The first-order chi connectivity index (χ1) is 11.1. The maximum Gasteiger partial charge on any atom is 0.123 e. The van der Waals surface area contributed by atoms with Crippen LogP contribution in [0.2, 0.25) is 0 Å². The summed E-state index contributed by atoms with van der Waals surface area (Å²) in [5.41, 5.74) is 3.35. The van der Waals surface area contributed by atoms with Gasteiger partial charge in [0.05, 0.1) is 0 Å². The highest BCUT2D eigenvalue weighted by Gasteiger charge is 2.53. The van der Waals surface area contributed by atoms with Crippen LogP contribution in [-0.2, 0) is 11.8 Å². The Morgan fingerprint density at radius 2 is 2.17 bits per heavy atom. The molecule has 1 aromatic carbocycles. The Bertz CT molecular complexity index is 679. The van der Waals surface area contributed by atoms with E-state index in [9.17, 15) is 4.39 Å². The number of hydrogen-bond acceptors (Lipinski definition) is 0. The lowest BCUT2D eigenvalue weighted by Gasteiger charge is -2.21. The fourth-order valence-corrected chi connectivity index (χ4v) is 3.87. The predicted octanol–water partition coefficient (Wildman–Crippen LogP) is 6.00. The molecular formula is C22H25F. The third kappa shape index (κ3) is 2.97. The first kappa shape index (κ1) is 16.0. The molecule has 2 unspecified atom stereocenters. The van der Waals surface area contributed by atoms with Crippen molar-refractivity contribution < 1.29 is 4.39 Å². The maximum absolute atomic E-state index is 14.3. The minimum Gasteiger partial charge on any atom is -0.207 e. The van der Waals surface area contributed by atoms with Gasteiger partial charge in [0.15, 0.2) is 0 Å². The van der Waals surface area contributed by atoms with Gasteiger partial charge in [-0.1, -0.05) is 50.0 Å². The van der Waals surface area contributed by atoms with Gasteiger partial charge in [-0.15, -0.1) is 6.58 Å². The number of fused-ring (bicyclic) bond motifs is 1. The number of benzene rings is 1. The average molecular weight is 308 g/mol. The van der Waals surface area contributed by atoms with Crippen molar-refractivity contribution in [1.82, 2.24) is 0 Å². The molecule has 2 aliphatic rings. The molecule has 1 fully saturated rings. The molecule has 3 atom stereocenters. The van der Waals surface area contributed by atoms with Crippen LogP contribution in [0.4, 0.5) is 4.39 Å². The first-order valence-electron chi connectivity index (χ1n) is 8.53. The van der Waals surface area contributed by atoms with E-state index in [1.807, 2.05) is 12.2 Å². The lowest BCUT2D eigenvalue weighted by molar-refractivity contribution is 0.538. The zero-order chi connectivity index (χ0) is 16.4. The summed E-state index contributed by atoms with van der Waals surface area (Å²) >= 11 is 0. The quantitative estimate of drug-likeness (QED) is 0.542. The van der Waals surface area contributed by atoms with Gasteiger partial charge in [-0.05, 0) is 66.3 Å². The molecule has 0 nitrogen and oxygen atoms in total. The van der Waals surface area contributed by atoms with Crippen molar-refractivity contribution in [2.75, 3.05) is 0 Å². The maximum atomic E-state index is 14.3. The average Bonchev–Trinajstić information content (AvgIpc) is 3.28. The third-order valence-electron chi connectivity index (χ3n) is 5.32. The molecule has 0 saturated heterocycles.